The molecule has 116 valence electrons. The number of carbonyl (C=O) groups excluding carboxylic acids is 1. The first kappa shape index (κ1) is 14.8. The molecule has 1 saturated heterocycles. The topological polar surface area (TPSA) is 57.3 Å². The van der Waals surface area contributed by atoms with Crippen molar-refractivity contribution < 1.29 is 4.79 Å². The van der Waals surface area contributed by atoms with E-state index in [0.29, 0.717) is 6.54 Å². The van der Waals surface area contributed by atoms with E-state index in [0.717, 1.165) is 36.2 Å². The Morgan fingerprint density at radius 1 is 1.14 bits per heavy atom. The Kier molecular flexibility index (Phi) is 4.85. The number of nitrogens with one attached hydrogen (secondary N) is 2. The van der Waals surface area contributed by atoms with E-state index < -0.39 is 0 Å². The highest BCUT2D eigenvalue weighted by molar-refractivity contribution is 6.00. The van der Waals surface area contributed by atoms with Gasteiger partial charge in [0.1, 0.15) is 0 Å². The largest absolute Gasteiger partial charge is 0.337 e. The molecule has 22 heavy (non-hydrogen) atoms. The van der Waals surface area contributed by atoms with Gasteiger partial charge in [0.05, 0.1) is 11.2 Å². The molecule has 0 unspecified atom stereocenters. The van der Waals surface area contributed by atoms with Crippen LogP contribution in [0.25, 0.3) is 10.9 Å². The van der Waals surface area contributed by atoms with Crippen molar-refractivity contribution in [2.24, 2.45) is 0 Å². The maximum Gasteiger partial charge on any atom is 0.319 e. The number of urea groups is 1. The molecule has 5 heteroatoms. The Bertz CT molecular complexity index is 632. The second kappa shape index (κ2) is 7.22. The summed E-state index contributed by atoms with van der Waals surface area (Å²) in [5.74, 6) is 0. The van der Waals surface area contributed by atoms with Crippen molar-refractivity contribution in [1.29, 1.82) is 0 Å². The maximum absolute atomic E-state index is 12.0. The number of amides is 2. The van der Waals surface area contributed by atoms with Crippen LogP contribution >= 0.6 is 0 Å². The van der Waals surface area contributed by atoms with Gasteiger partial charge in [0.15, 0.2) is 0 Å². The molecule has 0 saturated carbocycles. The van der Waals surface area contributed by atoms with Crippen molar-refractivity contribution in [1.82, 2.24) is 15.2 Å². The number of hydrogen-bond donors (Lipinski definition) is 2. The highest BCUT2D eigenvalue weighted by Gasteiger charge is 2.10. The van der Waals surface area contributed by atoms with E-state index in [9.17, 15) is 4.79 Å². The third-order valence-electron chi connectivity index (χ3n) is 4.06. The zero-order chi connectivity index (χ0) is 15.2. The van der Waals surface area contributed by atoms with Gasteiger partial charge < -0.3 is 15.5 Å². The van der Waals surface area contributed by atoms with E-state index in [1.54, 1.807) is 6.20 Å². The van der Waals surface area contributed by atoms with E-state index in [4.69, 9.17) is 0 Å². The van der Waals surface area contributed by atoms with Crippen molar-refractivity contribution in [2.45, 2.75) is 19.3 Å². The van der Waals surface area contributed by atoms with Gasteiger partial charge in [-0.3, -0.25) is 4.98 Å². The van der Waals surface area contributed by atoms with Crippen LogP contribution in [0.3, 0.4) is 0 Å². The quantitative estimate of drug-likeness (QED) is 0.912. The van der Waals surface area contributed by atoms with Gasteiger partial charge in [-0.05, 0) is 38.1 Å². The van der Waals surface area contributed by atoms with E-state index in [1.165, 1.54) is 19.3 Å². The molecule has 2 heterocycles. The molecule has 0 spiro atoms. The lowest BCUT2D eigenvalue weighted by Crippen LogP contribution is -2.39. The van der Waals surface area contributed by atoms with E-state index in [1.807, 2.05) is 30.3 Å². The van der Waals surface area contributed by atoms with Crippen molar-refractivity contribution in [3.8, 4) is 0 Å². The monoisotopic (exact) mass is 298 g/mol. The van der Waals surface area contributed by atoms with Crippen LogP contribution in [0.15, 0.2) is 36.5 Å². The Hall–Kier alpha value is -2.14. The van der Waals surface area contributed by atoms with Crippen molar-refractivity contribution in [2.75, 3.05) is 31.5 Å². The number of nitrogens with zero attached hydrogens (tertiary/aromatic N) is 2. The number of aromatic nitrogens is 1. The molecule has 2 aromatic rings. The molecule has 0 radical (unpaired) electrons. The number of para-hydroxylation sites is 1. The van der Waals surface area contributed by atoms with Gasteiger partial charge in [0.25, 0.3) is 0 Å². The number of pyridine rings is 1. The van der Waals surface area contributed by atoms with Crippen LogP contribution in [0, 0.1) is 0 Å². The Morgan fingerprint density at radius 2 is 1.95 bits per heavy atom. The highest BCUT2D eigenvalue weighted by Crippen LogP contribution is 2.20. The molecule has 0 aliphatic carbocycles. The number of piperidine rings is 1. The predicted molar refractivity (Wildman–Crippen MR) is 89.1 cm³/mol. The van der Waals surface area contributed by atoms with Gasteiger partial charge in [-0.15, -0.1) is 0 Å². The average Bonchev–Trinajstić information content (AvgIpc) is 2.56. The summed E-state index contributed by atoms with van der Waals surface area (Å²) in [7, 11) is 0. The van der Waals surface area contributed by atoms with Crippen LogP contribution in [0.1, 0.15) is 19.3 Å². The third kappa shape index (κ3) is 3.74. The first-order valence-electron chi connectivity index (χ1n) is 7.94. The molecule has 1 aromatic heterocycles. The number of fused-ring (bicyclic) bond motifs is 1. The number of anilines is 1. The van der Waals surface area contributed by atoms with Crippen molar-refractivity contribution in [3.63, 3.8) is 0 Å². The van der Waals surface area contributed by atoms with Gasteiger partial charge in [-0.1, -0.05) is 24.6 Å². The fourth-order valence-electron chi connectivity index (χ4n) is 2.88. The van der Waals surface area contributed by atoms with Crippen LogP contribution in [0.5, 0.6) is 0 Å². The molecule has 2 N–H and O–H groups in total. The molecule has 1 aliphatic rings. The summed E-state index contributed by atoms with van der Waals surface area (Å²) in [6.45, 7) is 3.90. The summed E-state index contributed by atoms with van der Waals surface area (Å²) in [6.07, 6.45) is 5.59. The zero-order valence-corrected chi connectivity index (χ0v) is 12.7. The summed E-state index contributed by atoms with van der Waals surface area (Å²) < 4.78 is 0. The minimum Gasteiger partial charge on any atom is -0.337 e. The molecule has 1 fully saturated rings. The van der Waals surface area contributed by atoms with Crippen LogP contribution in [-0.2, 0) is 0 Å². The zero-order valence-electron chi connectivity index (χ0n) is 12.7. The Labute approximate surface area is 130 Å². The van der Waals surface area contributed by atoms with Gasteiger partial charge >= 0.3 is 6.03 Å². The number of benzene rings is 1. The van der Waals surface area contributed by atoms with E-state index >= 15 is 0 Å². The molecule has 1 aliphatic heterocycles. The Morgan fingerprint density at radius 3 is 2.82 bits per heavy atom. The smallest absolute Gasteiger partial charge is 0.319 e. The fraction of sp³-hybridized carbons (Fsp3) is 0.412. The number of likely N-dealkylation sites (tertiary alicyclic amines) is 1. The van der Waals surface area contributed by atoms with Crippen LogP contribution in [0.2, 0.25) is 0 Å². The standard InChI is InChI=1S/C17H22N4O/c22-17(19-10-13-21-11-4-1-5-12-21)20-16-8-9-18-15-7-3-2-6-14(15)16/h2-3,6-9H,1,4-5,10-13H2,(H2,18,19,20,22). The molecule has 0 atom stereocenters. The summed E-state index contributed by atoms with van der Waals surface area (Å²) in [5, 5.41) is 6.80. The molecule has 3 rings (SSSR count). The van der Waals surface area contributed by atoms with Crippen LogP contribution in [0.4, 0.5) is 10.5 Å². The highest BCUT2D eigenvalue weighted by atomic mass is 16.2. The summed E-state index contributed by atoms with van der Waals surface area (Å²) in [5.41, 5.74) is 1.68. The maximum atomic E-state index is 12.0. The third-order valence-corrected chi connectivity index (χ3v) is 4.06. The number of hydrogen-bond acceptors (Lipinski definition) is 3. The lowest BCUT2D eigenvalue weighted by molar-refractivity contribution is 0.224. The first-order valence-corrected chi connectivity index (χ1v) is 7.94. The van der Waals surface area contributed by atoms with Gasteiger partial charge in [0.2, 0.25) is 0 Å². The fourth-order valence-corrected chi connectivity index (χ4v) is 2.88. The lowest BCUT2D eigenvalue weighted by atomic mass is 10.1. The van der Waals surface area contributed by atoms with Crippen LogP contribution < -0.4 is 10.6 Å². The summed E-state index contributed by atoms with van der Waals surface area (Å²) >= 11 is 0. The van der Waals surface area contributed by atoms with Crippen molar-refractivity contribution in [3.05, 3.63) is 36.5 Å². The van der Waals surface area contributed by atoms with Gasteiger partial charge in [0, 0.05) is 24.7 Å². The summed E-state index contributed by atoms with van der Waals surface area (Å²) in [6, 6.07) is 9.46. The van der Waals surface area contributed by atoms with Gasteiger partial charge in [-0.2, -0.15) is 0 Å². The number of rotatable bonds is 4. The normalized spacial score (nSPS) is 15.6. The second-order valence-electron chi connectivity index (χ2n) is 5.66. The SMILES string of the molecule is O=C(NCCN1CCCCC1)Nc1ccnc2ccccc12. The second-order valence-corrected chi connectivity index (χ2v) is 5.66. The molecule has 2 amide bonds. The van der Waals surface area contributed by atoms with E-state index in [-0.39, 0.29) is 6.03 Å². The minimum absolute atomic E-state index is 0.159. The predicted octanol–water partition coefficient (Wildman–Crippen LogP) is 2.84. The molecule has 0 bridgehead atoms. The first-order chi connectivity index (χ1) is 10.8. The molecular formula is C17H22N4O. The van der Waals surface area contributed by atoms with Crippen LogP contribution in [-0.4, -0.2) is 42.1 Å². The van der Waals surface area contributed by atoms with Crippen molar-refractivity contribution >= 4 is 22.6 Å². The number of carbonyl (C=O) groups is 1. The lowest BCUT2D eigenvalue weighted by Gasteiger charge is -2.26. The Balaban J connectivity index is 1.52. The van der Waals surface area contributed by atoms with Gasteiger partial charge in [-0.25, -0.2) is 4.79 Å². The molecule has 5 nitrogen and oxygen atoms in total. The summed E-state index contributed by atoms with van der Waals surface area (Å²) in [4.78, 5) is 18.7. The average molecular weight is 298 g/mol. The van der Waals surface area contributed by atoms with E-state index in [2.05, 4.69) is 20.5 Å². The minimum atomic E-state index is -0.159. The molecular weight excluding hydrogens is 276 g/mol. The molecule has 1 aromatic carbocycles.